The normalized spacial score (nSPS) is 11.0. The summed E-state index contributed by atoms with van der Waals surface area (Å²) in [4.78, 5) is 0. The van der Waals surface area contributed by atoms with Crippen molar-refractivity contribution < 1.29 is 8.78 Å². The van der Waals surface area contributed by atoms with Gasteiger partial charge in [-0.15, -0.1) is 0 Å². The molecule has 1 aromatic rings. The second-order valence-corrected chi connectivity index (χ2v) is 2.62. The van der Waals surface area contributed by atoms with Crippen LogP contribution in [0.25, 0.3) is 6.08 Å². The zero-order valence-electron chi connectivity index (χ0n) is 7.13. The van der Waals surface area contributed by atoms with Crippen LogP contribution in [0, 0.1) is 11.6 Å². The first kappa shape index (κ1) is 9.86. The number of halogens is 2. The third kappa shape index (κ3) is 2.63. The van der Waals surface area contributed by atoms with Crippen molar-refractivity contribution in [2.75, 3.05) is 6.54 Å². The summed E-state index contributed by atoms with van der Waals surface area (Å²) in [7, 11) is 0. The van der Waals surface area contributed by atoms with Gasteiger partial charge in [0.1, 0.15) is 11.6 Å². The van der Waals surface area contributed by atoms with Gasteiger partial charge in [0.25, 0.3) is 0 Å². The molecular formula is C10H11F2N. The maximum atomic E-state index is 13.0. The second kappa shape index (κ2) is 4.72. The lowest BCUT2D eigenvalue weighted by atomic mass is 10.1. The van der Waals surface area contributed by atoms with Gasteiger partial charge < -0.3 is 5.73 Å². The first-order valence-electron chi connectivity index (χ1n) is 4.06. The Morgan fingerprint density at radius 2 is 1.85 bits per heavy atom. The summed E-state index contributed by atoms with van der Waals surface area (Å²) in [5, 5.41) is 0. The molecule has 1 aromatic carbocycles. The molecule has 0 heterocycles. The lowest BCUT2D eigenvalue weighted by Crippen LogP contribution is -1.95. The average molecular weight is 183 g/mol. The Morgan fingerprint density at radius 3 is 2.38 bits per heavy atom. The summed E-state index contributed by atoms with van der Waals surface area (Å²) < 4.78 is 25.9. The van der Waals surface area contributed by atoms with Gasteiger partial charge in [0.15, 0.2) is 0 Å². The third-order valence-electron chi connectivity index (χ3n) is 1.62. The summed E-state index contributed by atoms with van der Waals surface area (Å²) >= 11 is 0. The van der Waals surface area contributed by atoms with E-state index in [1.165, 1.54) is 24.3 Å². The van der Waals surface area contributed by atoms with Gasteiger partial charge in [-0.3, -0.25) is 0 Å². The number of hydrogen-bond donors (Lipinski definition) is 1. The van der Waals surface area contributed by atoms with E-state index in [1.807, 2.05) is 0 Å². The minimum absolute atomic E-state index is 0.00375. The zero-order chi connectivity index (χ0) is 9.68. The molecule has 0 bridgehead atoms. The fraction of sp³-hybridized carbons (Fsp3) is 0.200. The second-order valence-electron chi connectivity index (χ2n) is 2.62. The SMILES string of the molecule is NCCC=Cc1c(F)cccc1F. The lowest BCUT2D eigenvalue weighted by molar-refractivity contribution is 0.578. The summed E-state index contributed by atoms with van der Waals surface area (Å²) in [5.74, 6) is -1.10. The summed E-state index contributed by atoms with van der Waals surface area (Å²) in [6.45, 7) is 0.479. The Kier molecular flexibility index (Phi) is 3.58. The van der Waals surface area contributed by atoms with Crippen LogP contribution in [0.15, 0.2) is 24.3 Å². The van der Waals surface area contributed by atoms with Gasteiger partial charge in [0.2, 0.25) is 0 Å². The predicted octanol–water partition coefficient (Wildman–Crippen LogP) is 2.33. The van der Waals surface area contributed by atoms with Crippen LogP contribution < -0.4 is 5.73 Å². The molecule has 3 heteroatoms. The van der Waals surface area contributed by atoms with Crippen LogP contribution in [0.2, 0.25) is 0 Å². The number of benzene rings is 1. The lowest BCUT2D eigenvalue weighted by Gasteiger charge is -1.97. The zero-order valence-corrected chi connectivity index (χ0v) is 7.13. The van der Waals surface area contributed by atoms with E-state index < -0.39 is 11.6 Å². The molecule has 2 N–H and O–H groups in total. The van der Waals surface area contributed by atoms with E-state index in [1.54, 1.807) is 6.08 Å². The molecule has 0 fully saturated rings. The van der Waals surface area contributed by atoms with Crippen molar-refractivity contribution in [3.8, 4) is 0 Å². The molecule has 0 spiro atoms. The molecule has 0 radical (unpaired) electrons. The highest BCUT2D eigenvalue weighted by molar-refractivity contribution is 5.50. The molecule has 0 saturated heterocycles. The molecule has 0 unspecified atom stereocenters. The van der Waals surface area contributed by atoms with Crippen molar-refractivity contribution in [2.24, 2.45) is 5.73 Å². The van der Waals surface area contributed by atoms with E-state index in [9.17, 15) is 8.78 Å². The van der Waals surface area contributed by atoms with Crippen molar-refractivity contribution in [3.63, 3.8) is 0 Å². The first-order chi connectivity index (χ1) is 6.25. The molecule has 0 aliphatic carbocycles. The number of nitrogens with two attached hydrogens (primary N) is 1. The van der Waals surface area contributed by atoms with E-state index in [0.29, 0.717) is 13.0 Å². The van der Waals surface area contributed by atoms with Crippen LogP contribution in [-0.2, 0) is 0 Å². The summed E-state index contributed by atoms with van der Waals surface area (Å²) in [5.41, 5.74) is 5.23. The molecule has 0 aliphatic rings. The van der Waals surface area contributed by atoms with Gasteiger partial charge in [-0.05, 0) is 25.1 Å². The summed E-state index contributed by atoms with van der Waals surface area (Å²) in [6, 6.07) is 3.79. The molecule has 0 atom stereocenters. The van der Waals surface area contributed by atoms with Crippen molar-refractivity contribution in [3.05, 3.63) is 41.5 Å². The molecule has 0 amide bonds. The Balaban J connectivity index is 2.87. The smallest absolute Gasteiger partial charge is 0.133 e. The Bertz CT molecular complexity index is 288. The van der Waals surface area contributed by atoms with Crippen molar-refractivity contribution >= 4 is 6.08 Å². The van der Waals surface area contributed by atoms with Crippen LogP contribution in [0.4, 0.5) is 8.78 Å². The van der Waals surface area contributed by atoms with Crippen LogP contribution in [0.5, 0.6) is 0 Å². The summed E-state index contributed by atoms with van der Waals surface area (Å²) in [6.07, 6.45) is 3.69. The monoisotopic (exact) mass is 183 g/mol. The fourth-order valence-corrected chi connectivity index (χ4v) is 0.967. The molecule has 0 aromatic heterocycles. The first-order valence-corrected chi connectivity index (χ1v) is 4.06. The standard InChI is InChI=1S/C10H11F2N/c11-9-5-3-6-10(12)8(9)4-1-2-7-13/h1,3-6H,2,7,13H2. The largest absolute Gasteiger partial charge is 0.330 e. The molecule has 1 rings (SSSR count). The Hall–Kier alpha value is -1.22. The minimum Gasteiger partial charge on any atom is -0.330 e. The maximum Gasteiger partial charge on any atom is 0.133 e. The highest BCUT2D eigenvalue weighted by Crippen LogP contribution is 2.13. The quantitative estimate of drug-likeness (QED) is 0.764. The van der Waals surface area contributed by atoms with Crippen LogP contribution in [0.3, 0.4) is 0 Å². The van der Waals surface area contributed by atoms with Gasteiger partial charge in [-0.25, -0.2) is 8.78 Å². The van der Waals surface area contributed by atoms with Gasteiger partial charge in [0, 0.05) is 5.56 Å². The van der Waals surface area contributed by atoms with E-state index in [2.05, 4.69) is 0 Å². The molecule has 0 saturated carbocycles. The fourth-order valence-electron chi connectivity index (χ4n) is 0.967. The topological polar surface area (TPSA) is 26.0 Å². The highest BCUT2D eigenvalue weighted by Gasteiger charge is 2.02. The van der Waals surface area contributed by atoms with Crippen LogP contribution in [-0.4, -0.2) is 6.54 Å². The van der Waals surface area contributed by atoms with Crippen LogP contribution >= 0.6 is 0 Å². The van der Waals surface area contributed by atoms with Crippen LogP contribution in [0.1, 0.15) is 12.0 Å². The molecule has 70 valence electrons. The van der Waals surface area contributed by atoms with Gasteiger partial charge >= 0.3 is 0 Å². The van der Waals surface area contributed by atoms with Crippen molar-refractivity contribution in [1.29, 1.82) is 0 Å². The van der Waals surface area contributed by atoms with Crippen molar-refractivity contribution in [1.82, 2.24) is 0 Å². The van der Waals surface area contributed by atoms with E-state index >= 15 is 0 Å². The van der Waals surface area contributed by atoms with Crippen molar-refractivity contribution in [2.45, 2.75) is 6.42 Å². The van der Waals surface area contributed by atoms with E-state index in [0.717, 1.165) is 0 Å². The third-order valence-corrected chi connectivity index (χ3v) is 1.62. The van der Waals surface area contributed by atoms with Gasteiger partial charge in [-0.2, -0.15) is 0 Å². The molecule has 1 nitrogen and oxygen atoms in total. The average Bonchev–Trinajstić information content (AvgIpc) is 2.10. The Morgan fingerprint density at radius 1 is 1.23 bits per heavy atom. The van der Waals surface area contributed by atoms with E-state index in [-0.39, 0.29) is 5.56 Å². The molecular weight excluding hydrogens is 172 g/mol. The highest BCUT2D eigenvalue weighted by atomic mass is 19.1. The Labute approximate surface area is 75.9 Å². The predicted molar refractivity (Wildman–Crippen MR) is 49.1 cm³/mol. The molecule has 0 aliphatic heterocycles. The van der Waals surface area contributed by atoms with Gasteiger partial charge in [-0.1, -0.05) is 18.2 Å². The maximum absolute atomic E-state index is 13.0. The number of rotatable bonds is 3. The molecule has 13 heavy (non-hydrogen) atoms. The van der Waals surface area contributed by atoms with E-state index in [4.69, 9.17) is 5.73 Å². The minimum atomic E-state index is -0.548. The van der Waals surface area contributed by atoms with Gasteiger partial charge in [0.05, 0.1) is 0 Å². The number of hydrogen-bond acceptors (Lipinski definition) is 1.